The molecule has 0 radical (unpaired) electrons. The van der Waals surface area contributed by atoms with Crippen molar-refractivity contribution in [3.05, 3.63) is 48.3 Å². The molecule has 0 saturated carbocycles. The number of fused-ring (bicyclic) bond motifs is 1. The summed E-state index contributed by atoms with van der Waals surface area (Å²) in [6.45, 7) is 4.44. The smallest absolute Gasteiger partial charge is 0.338 e. The van der Waals surface area contributed by atoms with Gasteiger partial charge < -0.3 is 4.90 Å². The highest BCUT2D eigenvalue weighted by Gasteiger charge is 2.33. The molecule has 0 N–H and O–H groups in total. The Hall–Kier alpha value is -2.31. The quantitative estimate of drug-likeness (QED) is 0.798. The van der Waals surface area contributed by atoms with Crippen LogP contribution in [0.5, 0.6) is 0 Å². The van der Waals surface area contributed by atoms with Crippen molar-refractivity contribution >= 4 is 11.4 Å². The summed E-state index contributed by atoms with van der Waals surface area (Å²) < 4.78 is 39.2. The molecule has 1 saturated heterocycles. The van der Waals surface area contributed by atoms with Gasteiger partial charge in [-0.15, -0.1) is 0 Å². The first-order valence-electron chi connectivity index (χ1n) is 6.36. The fourth-order valence-electron chi connectivity index (χ4n) is 2.35. The molecule has 21 heavy (non-hydrogen) atoms. The standard InChI is InChI=1S/C14H12F3N3O/c1-2-13(21)19-6-9(7-19)12-5-11-4-3-10(14(15,16)17)8-20(11)18-12/h2-5,8-9H,1,6-7H2. The fraction of sp³-hybridized carbons (Fsp3) is 0.286. The van der Waals surface area contributed by atoms with Gasteiger partial charge in [0.15, 0.2) is 0 Å². The first-order valence-corrected chi connectivity index (χ1v) is 6.36. The van der Waals surface area contributed by atoms with E-state index < -0.39 is 11.7 Å². The number of hydrogen-bond donors (Lipinski definition) is 0. The van der Waals surface area contributed by atoms with Crippen molar-refractivity contribution in [2.45, 2.75) is 12.1 Å². The summed E-state index contributed by atoms with van der Waals surface area (Å²) in [5.41, 5.74) is 0.565. The van der Waals surface area contributed by atoms with Crippen LogP contribution in [0.1, 0.15) is 17.2 Å². The number of pyridine rings is 1. The van der Waals surface area contributed by atoms with E-state index in [9.17, 15) is 18.0 Å². The van der Waals surface area contributed by atoms with E-state index in [1.807, 2.05) is 0 Å². The maximum absolute atomic E-state index is 12.6. The van der Waals surface area contributed by atoms with Crippen LogP contribution in [0.2, 0.25) is 0 Å². The van der Waals surface area contributed by atoms with Crippen molar-refractivity contribution in [3.63, 3.8) is 0 Å². The second-order valence-electron chi connectivity index (χ2n) is 5.00. The third kappa shape index (κ3) is 2.39. The number of carbonyl (C=O) groups is 1. The molecule has 0 spiro atoms. The van der Waals surface area contributed by atoms with Gasteiger partial charge in [0.2, 0.25) is 5.91 Å². The first-order chi connectivity index (χ1) is 9.88. The number of rotatable bonds is 2. The first kappa shape index (κ1) is 13.7. The average Bonchev–Trinajstić information content (AvgIpc) is 2.77. The van der Waals surface area contributed by atoms with Crippen LogP contribution < -0.4 is 0 Å². The number of alkyl halides is 3. The van der Waals surface area contributed by atoms with E-state index in [2.05, 4.69) is 11.7 Å². The molecular formula is C14H12F3N3O. The number of aromatic nitrogens is 2. The molecule has 110 valence electrons. The molecule has 0 aromatic carbocycles. The zero-order chi connectivity index (χ0) is 15.2. The summed E-state index contributed by atoms with van der Waals surface area (Å²) in [5, 5.41) is 4.18. The molecule has 7 heteroatoms. The Balaban J connectivity index is 1.83. The lowest BCUT2D eigenvalue weighted by molar-refractivity contribution is -0.138. The second kappa shape index (κ2) is 4.61. The van der Waals surface area contributed by atoms with Crippen molar-refractivity contribution in [2.24, 2.45) is 0 Å². The van der Waals surface area contributed by atoms with E-state index in [0.29, 0.717) is 24.3 Å². The van der Waals surface area contributed by atoms with E-state index in [1.165, 1.54) is 16.7 Å². The van der Waals surface area contributed by atoms with Gasteiger partial charge in [0.05, 0.1) is 16.8 Å². The van der Waals surface area contributed by atoms with Gasteiger partial charge in [-0.25, -0.2) is 4.52 Å². The monoisotopic (exact) mass is 295 g/mol. The molecule has 0 unspecified atom stereocenters. The summed E-state index contributed by atoms with van der Waals surface area (Å²) in [5.74, 6) is -0.0856. The Labute approximate surface area is 118 Å². The van der Waals surface area contributed by atoms with Gasteiger partial charge in [-0.1, -0.05) is 6.58 Å². The molecule has 0 aliphatic carbocycles. The minimum absolute atomic E-state index is 0.0585. The molecule has 0 atom stereocenters. The molecule has 0 bridgehead atoms. The summed E-state index contributed by atoms with van der Waals surface area (Å²) in [4.78, 5) is 13.0. The van der Waals surface area contributed by atoms with Gasteiger partial charge in [0, 0.05) is 25.2 Å². The Kier molecular flexibility index (Phi) is 3.00. The van der Waals surface area contributed by atoms with Crippen LogP contribution in [0.25, 0.3) is 5.52 Å². The van der Waals surface area contributed by atoms with Gasteiger partial charge in [-0.3, -0.25) is 4.79 Å². The zero-order valence-corrected chi connectivity index (χ0v) is 11.0. The molecular weight excluding hydrogens is 283 g/mol. The van der Waals surface area contributed by atoms with Crippen molar-refractivity contribution < 1.29 is 18.0 Å². The lowest BCUT2D eigenvalue weighted by Crippen LogP contribution is -2.47. The summed E-state index contributed by atoms with van der Waals surface area (Å²) in [7, 11) is 0. The van der Waals surface area contributed by atoms with E-state index in [0.717, 1.165) is 12.3 Å². The Morgan fingerprint density at radius 1 is 1.38 bits per heavy atom. The lowest BCUT2D eigenvalue weighted by Gasteiger charge is -2.37. The highest BCUT2D eigenvalue weighted by Crippen LogP contribution is 2.31. The van der Waals surface area contributed by atoms with E-state index >= 15 is 0 Å². The molecule has 4 nitrogen and oxygen atoms in total. The minimum atomic E-state index is -4.38. The number of carbonyl (C=O) groups excluding carboxylic acids is 1. The summed E-state index contributed by atoms with van der Waals surface area (Å²) in [6.07, 6.45) is -2.16. The average molecular weight is 295 g/mol. The largest absolute Gasteiger partial charge is 0.417 e. The van der Waals surface area contributed by atoms with E-state index in [1.54, 1.807) is 11.0 Å². The van der Waals surface area contributed by atoms with E-state index in [-0.39, 0.29) is 11.8 Å². The van der Waals surface area contributed by atoms with Crippen LogP contribution in [0.3, 0.4) is 0 Å². The predicted molar refractivity (Wildman–Crippen MR) is 69.7 cm³/mol. The van der Waals surface area contributed by atoms with Crippen molar-refractivity contribution in [2.75, 3.05) is 13.1 Å². The minimum Gasteiger partial charge on any atom is -0.338 e. The number of halogens is 3. The Bertz CT molecular complexity index is 714. The highest BCUT2D eigenvalue weighted by molar-refractivity contribution is 5.87. The topological polar surface area (TPSA) is 37.6 Å². The number of hydrogen-bond acceptors (Lipinski definition) is 2. The van der Waals surface area contributed by atoms with Crippen LogP contribution in [-0.2, 0) is 11.0 Å². The molecule has 1 aliphatic rings. The second-order valence-corrected chi connectivity index (χ2v) is 5.00. The Morgan fingerprint density at radius 2 is 2.10 bits per heavy atom. The van der Waals surface area contributed by atoms with Crippen molar-refractivity contribution in [1.82, 2.24) is 14.5 Å². The van der Waals surface area contributed by atoms with Crippen LogP contribution >= 0.6 is 0 Å². The van der Waals surface area contributed by atoms with Crippen LogP contribution in [0.4, 0.5) is 13.2 Å². The van der Waals surface area contributed by atoms with Gasteiger partial charge in [0.25, 0.3) is 0 Å². The number of likely N-dealkylation sites (tertiary alicyclic amines) is 1. The SMILES string of the molecule is C=CC(=O)N1CC(c2cc3ccc(C(F)(F)F)cn3n2)C1. The normalized spacial score (nSPS) is 16.0. The molecule has 3 rings (SSSR count). The third-order valence-corrected chi connectivity index (χ3v) is 3.59. The Morgan fingerprint density at radius 3 is 2.71 bits per heavy atom. The van der Waals surface area contributed by atoms with Crippen LogP contribution in [0, 0.1) is 0 Å². The fourth-order valence-corrected chi connectivity index (χ4v) is 2.35. The molecule has 1 fully saturated rings. The molecule has 3 heterocycles. The highest BCUT2D eigenvalue weighted by atomic mass is 19.4. The van der Waals surface area contributed by atoms with Gasteiger partial charge in [-0.2, -0.15) is 18.3 Å². The molecule has 2 aromatic heterocycles. The zero-order valence-electron chi connectivity index (χ0n) is 11.0. The van der Waals surface area contributed by atoms with Crippen molar-refractivity contribution in [3.8, 4) is 0 Å². The van der Waals surface area contributed by atoms with Gasteiger partial charge in [-0.05, 0) is 24.3 Å². The van der Waals surface area contributed by atoms with Gasteiger partial charge >= 0.3 is 6.18 Å². The number of nitrogens with zero attached hydrogens (tertiary/aromatic N) is 3. The van der Waals surface area contributed by atoms with E-state index in [4.69, 9.17) is 0 Å². The summed E-state index contributed by atoms with van der Waals surface area (Å²) in [6, 6.07) is 4.18. The lowest BCUT2D eigenvalue weighted by atomic mass is 9.96. The third-order valence-electron chi connectivity index (χ3n) is 3.59. The van der Waals surface area contributed by atoms with Crippen LogP contribution in [0.15, 0.2) is 37.1 Å². The predicted octanol–water partition coefficient (Wildman–Crippen LogP) is 2.46. The molecule has 2 aromatic rings. The summed E-state index contributed by atoms with van der Waals surface area (Å²) >= 11 is 0. The molecule has 1 amide bonds. The van der Waals surface area contributed by atoms with Crippen LogP contribution in [-0.4, -0.2) is 33.5 Å². The van der Waals surface area contributed by atoms with Crippen molar-refractivity contribution in [1.29, 1.82) is 0 Å². The maximum Gasteiger partial charge on any atom is 0.417 e. The maximum atomic E-state index is 12.6. The number of amides is 1. The molecule has 1 aliphatic heterocycles. The van der Waals surface area contributed by atoms with Gasteiger partial charge in [0.1, 0.15) is 0 Å².